The Kier molecular flexibility index (Phi) is 6.19. The van der Waals surface area contributed by atoms with Gasteiger partial charge in [0.1, 0.15) is 0 Å². The van der Waals surface area contributed by atoms with Crippen LogP contribution in [0.5, 0.6) is 0 Å². The van der Waals surface area contributed by atoms with Gasteiger partial charge >= 0.3 is 0 Å². The zero-order valence-electron chi connectivity index (χ0n) is 20.2. The molecule has 0 radical (unpaired) electrons. The Balaban J connectivity index is 1.63. The van der Waals surface area contributed by atoms with Crippen molar-refractivity contribution in [3.8, 4) is 11.3 Å². The van der Waals surface area contributed by atoms with Crippen molar-refractivity contribution in [2.75, 3.05) is 18.0 Å². The summed E-state index contributed by atoms with van der Waals surface area (Å²) in [4.78, 5) is 28.5. The number of fused-ring (bicyclic) bond motifs is 3. The van der Waals surface area contributed by atoms with E-state index < -0.39 is 0 Å². The molecule has 0 bridgehead atoms. The lowest BCUT2D eigenvalue weighted by molar-refractivity contribution is -0.128. The van der Waals surface area contributed by atoms with E-state index in [1.54, 1.807) is 13.8 Å². The molecular formula is C27H28ClN5O2. The molecule has 0 saturated heterocycles. The first-order valence-corrected chi connectivity index (χ1v) is 12.3. The van der Waals surface area contributed by atoms with Crippen LogP contribution in [0.15, 0.2) is 48.5 Å². The van der Waals surface area contributed by atoms with Gasteiger partial charge in [-0.15, -0.1) is 5.10 Å². The van der Waals surface area contributed by atoms with Gasteiger partial charge in [-0.3, -0.25) is 9.59 Å². The first-order valence-electron chi connectivity index (χ1n) is 11.9. The van der Waals surface area contributed by atoms with E-state index in [1.807, 2.05) is 45.7 Å². The van der Waals surface area contributed by atoms with Crippen LogP contribution < -0.4 is 4.90 Å². The van der Waals surface area contributed by atoms with E-state index in [1.165, 1.54) is 5.57 Å². The number of hydrogen-bond acceptors (Lipinski definition) is 4. The number of anilines is 1. The summed E-state index contributed by atoms with van der Waals surface area (Å²) in [5.74, 6) is 0.0654. The molecule has 0 fully saturated rings. The Bertz CT molecular complexity index is 1330. The number of nitrogens with zero attached hydrogens (tertiary/aromatic N) is 5. The second-order valence-corrected chi connectivity index (χ2v) is 9.60. The van der Waals surface area contributed by atoms with Crippen molar-refractivity contribution in [3.63, 3.8) is 0 Å². The molecule has 0 saturated carbocycles. The number of aryl methyl sites for hydroxylation is 2. The summed E-state index contributed by atoms with van der Waals surface area (Å²) >= 11 is 6.14. The van der Waals surface area contributed by atoms with Crippen molar-refractivity contribution in [2.24, 2.45) is 0 Å². The van der Waals surface area contributed by atoms with E-state index in [4.69, 9.17) is 11.6 Å². The van der Waals surface area contributed by atoms with Gasteiger partial charge in [0, 0.05) is 49.8 Å². The second kappa shape index (κ2) is 9.30. The number of aromatic nitrogens is 3. The van der Waals surface area contributed by atoms with Crippen molar-refractivity contribution in [1.82, 2.24) is 19.9 Å². The summed E-state index contributed by atoms with van der Waals surface area (Å²) in [7, 11) is 0. The fraction of sp³-hybridized carbons (Fsp3) is 0.333. The molecule has 1 atom stereocenters. The lowest BCUT2D eigenvalue weighted by Crippen LogP contribution is -2.34. The molecule has 1 aromatic heterocycles. The summed E-state index contributed by atoms with van der Waals surface area (Å²) in [6, 6.07) is 13.7. The Morgan fingerprint density at radius 1 is 1.09 bits per heavy atom. The minimum atomic E-state index is -0.178. The zero-order valence-corrected chi connectivity index (χ0v) is 20.9. The van der Waals surface area contributed by atoms with E-state index in [-0.39, 0.29) is 17.9 Å². The molecule has 1 unspecified atom stereocenters. The summed E-state index contributed by atoms with van der Waals surface area (Å²) in [6.45, 7) is 7.16. The fourth-order valence-electron chi connectivity index (χ4n) is 5.21. The van der Waals surface area contributed by atoms with E-state index in [9.17, 15) is 9.59 Å². The maximum Gasteiger partial charge on any atom is 0.224 e. The third-order valence-corrected chi connectivity index (χ3v) is 7.22. The monoisotopic (exact) mass is 489 g/mol. The van der Waals surface area contributed by atoms with Crippen molar-refractivity contribution < 1.29 is 9.59 Å². The van der Waals surface area contributed by atoms with Crippen molar-refractivity contribution >= 4 is 34.7 Å². The van der Waals surface area contributed by atoms with Gasteiger partial charge in [0.15, 0.2) is 0 Å². The highest BCUT2D eigenvalue weighted by molar-refractivity contribution is 6.30. The highest BCUT2D eigenvalue weighted by Crippen LogP contribution is 2.41. The molecule has 8 heteroatoms. The van der Waals surface area contributed by atoms with Crippen LogP contribution in [0.25, 0.3) is 16.8 Å². The number of carbonyl (C=O) groups excluding carboxylic acids is 2. The molecule has 0 aliphatic carbocycles. The van der Waals surface area contributed by atoms with Gasteiger partial charge in [0.05, 0.1) is 17.4 Å². The Morgan fingerprint density at radius 3 is 2.51 bits per heavy atom. The maximum atomic E-state index is 13.0. The standard InChI is InChI=1S/C27H28ClN5O2/c1-17-27-24-9-4-21(20-10-13-31(14-11-20)18(2)34)16-25(24)26(12-15-32(27)30-29-17)33(19(3)35)23-7-5-22(28)6-8-23/h4-10,16,26H,11-15H2,1-3H3. The second-order valence-electron chi connectivity index (χ2n) is 9.16. The van der Waals surface area contributed by atoms with Crippen LogP contribution in [0.4, 0.5) is 5.69 Å². The summed E-state index contributed by atoms with van der Waals surface area (Å²) < 4.78 is 1.94. The van der Waals surface area contributed by atoms with Crippen LogP contribution in [0, 0.1) is 6.92 Å². The van der Waals surface area contributed by atoms with Gasteiger partial charge in [0.2, 0.25) is 11.8 Å². The maximum absolute atomic E-state index is 13.0. The molecule has 2 amide bonds. The molecule has 5 rings (SSSR count). The SMILES string of the molecule is CC(=O)N1CC=C(c2ccc3c(c2)C(N(C(C)=O)c2ccc(Cl)cc2)CCn2nnc(C)c2-3)CC1. The first-order chi connectivity index (χ1) is 16.8. The number of benzene rings is 2. The molecule has 0 N–H and O–H groups in total. The summed E-state index contributed by atoms with van der Waals surface area (Å²) in [5, 5.41) is 9.32. The molecule has 2 aromatic carbocycles. The molecule has 2 aliphatic heterocycles. The molecule has 35 heavy (non-hydrogen) atoms. The minimum Gasteiger partial charge on any atom is -0.339 e. The Morgan fingerprint density at radius 2 is 1.86 bits per heavy atom. The topological polar surface area (TPSA) is 71.3 Å². The fourth-order valence-corrected chi connectivity index (χ4v) is 5.34. The Hall–Kier alpha value is -3.45. The van der Waals surface area contributed by atoms with Gasteiger partial charge in [-0.05, 0) is 66.8 Å². The normalized spacial score (nSPS) is 17.2. The molecule has 180 valence electrons. The largest absolute Gasteiger partial charge is 0.339 e. The molecule has 7 nitrogen and oxygen atoms in total. The third kappa shape index (κ3) is 4.36. The number of halogens is 1. The van der Waals surface area contributed by atoms with E-state index in [0.717, 1.165) is 40.2 Å². The predicted octanol–water partition coefficient (Wildman–Crippen LogP) is 5.04. The lowest BCUT2D eigenvalue weighted by Gasteiger charge is -2.32. The van der Waals surface area contributed by atoms with Crippen LogP contribution >= 0.6 is 11.6 Å². The number of amides is 2. The van der Waals surface area contributed by atoms with Crippen LogP contribution in [0.2, 0.25) is 5.02 Å². The van der Waals surface area contributed by atoms with Crippen LogP contribution in [-0.2, 0) is 16.1 Å². The van der Waals surface area contributed by atoms with Crippen molar-refractivity contribution in [3.05, 3.63) is 70.4 Å². The molecule has 0 spiro atoms. The molecule has 3 heterocycles. The molecule has 2 aliphatic rings. The number of hydrogen-bond donors (Lipinski definition) is 0. The summed E-state index contributed by atoms with van der Waals surface area (Å²) in [5.41, 5.74) is 7.13. The zero-order chi connectivity index (χ0) is 24.7. The van der Waals surface area contributed by atoms with Crippen molar-refractivity contribution in [2.45, 2.75) is 46.2 Å². The number of rotatable bonds is 3. The average molecular weight is 490 g/mol. The lowest BCUT2D eigenvalue weighted by atomic mass is 9.89. The van der Waals surface area contributed by atoms with Crippen LogP contribution in [0.1, 0.15) is 49.6 Å². The van der Waals surface area contributed by atoms with E-state index in [2.05, 4.69) is 34.6 Å². The van der Waals surface area contributed by atoms with E-state index in [0.29, 0.717) is 31.1 Å². The minimum absolute atomic E-state index is 0.0305. The quantitative estimate of drug-likeness (QED) is 0.516. The van der Waals surface area contributed by atoms with Gasteiger partial charge in [-0.25, -0.2) is 4.68 Å². The van der Waals surface area contributed by atoms with Crippen LogP contribution in [-0.4, -0.2) is 44.8 Å². The van der Waals surface area contributed by atoms with Gasteiger partial charge in [0.25, 0.3) is 0 Å². The van der Waals surface area contributed by atoms with E-state index >= 15 is 0 Å². The smallest absolute Gasteiger partial charge is 0.224 e. The van der Waals surface area contributed by atoms with Crippen LogP contribution in [0.3, 0.4) is 0 Å². The first kappa shape index (κ1) is 23.3. The highest BCUT2D eigenvalue weighted by Gasteiger charge is 2.32. The highest BCUT2D eigenvalue weighted by atomic mass is 35.5. The Labute approximate surface area is 210 Å². The number of carbonyl (C=O) groups is 2. The summed E-state index contributed by atoms with van der Waals surface area (Å²) in [6.07, 6.45) is 3.64. The van der Waals surface area contributed by atoms with Gasteiger partial charge in [-0.1, -0.05) is 35.0 Å². The predicted molar refractivity (Wildman–Crippen MR) is 137 cm³/mol. The van der Waals surface area contributed by atoms with Crippen molar-refractivity contribution in [1.29, 1.82) is 0 Å². The van der Waals surface area contributed by atoms with Gasteiger partial charge in [-0.2, -0.15) is 0 Å². The average Bonchev–Trinajstić information content (AvgIpc) is 3.13. The molecular weight excluding hydrogens is 462 g/mol. The third-order valence-electron chi connectivity index (χ3n) is 6.96. The van der Waals surface area contributed by atoms with Gasteiger partial charge < -0.3 is 9.80 Å². The molecule has 3 aromatic rings.